The lowest BCUT2D eigenvalue weighted by Crippen LogP contribution is -2.38. The van der Waals surface area contributed by atoms with E-state index in [1.165, 1.54) is 11.3 Å². The molecule has 8 heteroatoms. The monoisotopic (exact) mass is 319 g/mol. The third kappa shape index (κ3) is 2.61. The zero-order valence-corrected chi connectivity index (χ0v) is 13.0. The van der Waals surface area contributed by atoms with E-state index in [1.807, 2.05) is 11.8 Å². The number of nitrogens with one attached hydrogen (secondary N) is 1. The van der Waals surface area contributed by atoms with E-state index in [-0.39, 0.29) is 17.6 Å². The molecule has 3 rings (SSSR count). The number of thiazole rings is 1. The van der Waals surface area contributed by atoms with Crippen LogP contribution in [0.2, 0.25) is 0 Å². The molecule has 7 nitrogen and oxygen atoms in total. The van der Waals surface area contributed by atoms with Gasteiger partial charge in [0.15, 0.2) is 0 Å². The standard InChI is InChI=1S/C14H17N5O2S/c1-8-12(22-7-16-8)14(21)19-5-3-2-4-11(19)9-6-10(13(15)20)18-17-9/h6-7,11H,2-5H2,1H3,(H2,15,20)(H,17,18)/t11-/m0/s1. The molecule has 0 aromatic carbocycles. The summed E-state index contributed by atoms with van der Waals surface area (Å²) in [5.74, 6) is -0.589. The van der Waals surface area contributed by atoms with Crippen molar-refractivity contribution < 1.29 is 9.59 Å². The summed E-state index contributed by atoms with van der Waals surface area (Å²) in [4.78, 5) is 30.6. The maximum atomic E-state index is 12.8. The molecule has 3 heterocycles. The number of primary amides is 1. The van der Waals surface area contributed by atoms with Gasteiger partial charge in [0.1, 0.15) is 10.6 Å². The summed E-state index contributed by atoms with van der Waals surface area (Å²) in [5.41, 5.74) is 8.62. The molecule has 22 heavy (non-hydrogen) atoms. The third-order valence-corrected chi connectivity index (χ3v) is 4.83. The molecular weight excluding hydrogens is 302 g/mol. The molecule has 1 aliphatic rings. The van der Waals surface area contributed by atoms with Gasteiger partial charge in [0.05, 0.1) is 22.9 Å². The predicted molar refractivity (Wildman–Crippen MR) is 81.6 cm³/mol. The molecule has 1 aliphatic heterocycles. The minimum absolute atomic E-state index is 0.0140. The Kier molecular flexibility index (Phi) is 3.93. The molecular formula is C14H17N5O2S. The number of aryl methyl sites for hydroxylation is 1. The lowest BCUT2D eigenvalue weighted by Gasteiger charge is -2.34. The zero-order chi connectivity index (χ0) is 15.7. The zero-order valence-electron chi connectivity index (χ0n) is 12.2. The number of rotatable bonds is 3. The van der Waals surface area contributed by atoms with Gasteiger partial charge in [-0.05, 0) is 32.3 Å². The maximum absolute atomic E-state index is 12.8. The van der Waals surface area contributed by atoms with Crippen LogP contribution < -0.4 is 5.73 Å². The van der Waals surface area contributed by atoms with Crippen molar-refractivity contribution in [2.75, 3.05) is 6.54 Å². The quantitative estimate of drug-likeness (QED) is 0.897. The van der Waals surface area contributed by atoms with Crippen LogP contribution in [0.25, 0.3) is 0 Å². The summed E-state index contributed by atoms with van der Waals surface area (Å²) in [6.07, 6.45) is 2.84. The number of nitrogens with two attached hydrogens (primary N) is 1. The summed E-state index contributed by atoms with van der Waals surface area (Å²) in [6.45, 7) is 2.52. The molecule has 2 aromatic rings. The highest BCUT2D eigenvalue weighted by Gasteiger charge is 2.31. The Hall–Kier alpha value is -2.22. The van der Waals surface area contributed by atoms with Crippen molar-refractivity contribution in [3.8, 4) is 0 Å². The number of likely N-dealkylation sites (tertiary alicyclic amines) is 1. The highest BCUT2D eigenvalue weighted by atomic mass is 32.1. The van der Waals surface area contributed by atoms with Crippen LogP contribution >= 0.6 is 11.3 Å². The molecule has 0 unspecified atom stereocenters. The van der Waals surface area contributed by atoms with Gasteiger partial charge in [-0.3, -0.25) is 14.7 Å². The lowest BCUT2D eigenvalue weighted by molar-refractivity contribution is 0.0610. The van der Waals surface area contributed by atoms with E-state index in [9.17, 15) is 9.59 Å². The van der Waals surface area contributed by atoms with Gasteiger partial charge >= 0.3 is 0 Å². The number of aromatic amines is 1. The van der Waals surface area contributed by atoms with Gasteiger partial charge in [0.2, 0.25) is 0 Å². The Bertz CT molecular complexity index is 708. The molecule has 1 saturated heterocycles. The summed E-state index contributed by atoms with van der Waals surface area (Å²) >= 11 is 1.36. The largest absolute Gasteiger partial charge is 0.364 e. The van der Waals surface area contributed by atoms with Gasteiger partial charge in [-0.2, -0.15) is 5.10 Å². The van der Waals surface area contributed by atoms with Crippen molar-refractivity contribution in [2.24, 2.45) is 5.73 Å². The number of aromatic nitrogens is 3. The Morgan fingerprint density at radius 2 is 2.27 bits per heavy atom. The number of piperidine rings is 1. The van der Waals surface area contributed by atoms with E-state index in [0.717, 1.165) is 30.7 Å². The topological polar surface area (TPSA) is 105 Å². The second kappa shape index (κ2) is 5.88. The molecule has 3 N–H and O–H groups in total. The average molecular weight is 319 g/mol. The smallest absolute Gasteiger partial charge is 0.269 e. The van der Waals surface area contributed by atoms with E-state index in [1.54, 1.807) is 11.6 Å². The minimum atomic E-state index is -0.575. The number of hydrogen-bond acceptors (Lipinski definition) is 5. The summed E-state index contributed by atoms with van der Waals surface area (Å²) in [5, 5.41) is 6.76. The number of carbonyl (C=O) groups excluding carboxylic acids is 2. The highest BCUT2D eigenvalue weighted by molar-refractivity contribution is 7.11. The normalized spacial score (nSPS) is 18.4. The van der Waals surface area contributed by atoms with Crippen molar-refractivity contribution in [3.05, 3.63) is 33.5 Å². The number of H-pyrrole nitrogens is 1. The summed E-state index contributed by atoms with van der Waals surface area (Å²) in [6, 6.07) is 1.53. The van der Waals surface area contributed by atoms with Crippen LogP contribution in [0.15, 0.2) is 11.6 Å². The highest BCUT2D eigenvalue weighted by Crippen LogP contribution is 2.32. The average Bonchev–Trinajstić information content (AvgIpc) is 3.15. The Balaban J connectivity index is 1.89. The van der Waals surface area contributed by atoms with E-state index in [0.29, 0.717) is 11.4 Å². The molecule has 1 atom stereocenters. The van der Waals surface area contributed by atoms with Crippen molar-refractivity contribution >= 4 is 23.2 Å². The number of nitrogens with zero attached hydrogens (tertiary/aromatic N) is 3. The summed E-state index contributed by atoms with van der Waals surface area (Å²) < 4.78 is 0. The van der Waals surface area contributed by atoms with E-state index >= 15 is 0 Å². The number of hydrogen-bond donors (Lipinski definition) is 2. The number of amides is 2. The van der Waals surface area contributed by atoms with E-state index in [4.69, 9.17) is 5.73 Å². The van der Waals surface area contributed by atoms with Crippen LogP contribution in [-0.2, 0) is 0 Å². The molecule has 2 aromatic heterocycles. The van der Waals surface area contributed by atoms with Crippen molar-refractivity contribution in [2.45, 2.75) is 32.2 Å². The Morgan fingerprint density at radius 1 is 1.45 bits per heavy atom. The van der Waals surface area contributed by atoms with Crippen LogP contribution in [0.3, 0.4) is 0 Å². The molecule has 0 bridgehead atoms. The minimum Gasteiger partial charge on any atom is -0.364 e. The fraction of sp³-hybridized carbons (Fsp3) is 0.429. The van der Waals surface area contributed by atoms with Gasteiger partial charge in [-0.15, -0.1) is 11.3 Å². The van der Waals surface area contributed by atoms with Crippen molar-refractivity contribution in [3.63, 3.8) is 0 Å². The van der Waals surface area contributed by atoms with Crippen LogP contribution in [0.1, 0.15) is 56.9 Å². The van der Waals surface area contributed by atoms with Crippen LogP contribution in [-0.4, -0.2) is 38.4 Å². The maximum Gasteiger partial charge on any atom is 0.269 e. The first-order valence-corrected chi connectivity index (χ1v) is 8.02. The first-order chi connectivity index (χ1) is 10.6. The van der Waals surface area contributed by atoms with Crippen LogP contribution in [0, 0.1) is 6.92 Å². The fourth-order valence-corrected chi connectivity index (χ4v) is 3.53. The second-order valence-electron chi connectivity index (χ2n) is 5.35. The number of carbonyl (C=O) groups is 2. The molecule has 116 valence electrons. The van der Waals surface area contributed by atoms with Crippen LogP contribution in [0.5, 0.6) is 0 Å². The second-order valence-corrected chi connectivity index (χ2v) is 6.20. The first kappa shape index (κ1) is 14.7. The SMILES string of the molecule is Cc1ncsc1C(=O)N1CCCC[C@H]1c1cc(C(N)=O)n[nH]1. The molecule has 1 fully saturated rings. The fourth-order valence-electron chi connectivity index (χ4n) is 2.77. The molecule has 0 aliphatic carbocycles. The Labute approximate surface area is 131 Å². The summed E-state index contributed by atoms with van der Waals surface area (Å²) in [7, 11) is 0. The van der Waals surface area contributed by atoms with Crippen molar-refractivity contribution in [1.82, 2.24) is 20.1 Å². The first-order valence-electron chi connectivity index (χ1n) is 7.14. The molecule has 0 saturated carbocycles. The van der Waals surface area contributed by atoms with Gasteiger partial charge in [-0.25, -0.2) is 4.98 Å². The van der Waals surface area contributed by atoms with Gasteiger partial charge < -0.3 is 10.6 Å². The van der Waals surface area contributed by atoms with Crippen LogP contribution in [0.4, 0.5) is 0 Å². The third-order valence-electron chi connectivity index (χ3n) is 3.91. The van der Waals surface area contributed by atoms with Gasteiger partial charge in [0, 0.05) is 6.54 Å². The molecule has 0 radical (unpaired) electrons. The predicted octanol–water partition coefficient (Wildman–Crippen LogP) is 1.64. The van der Waals surface area contributed by atoms with Gasteiger partial charge in [0.25, 0.3) is 11.8 Å². The van der Waals surface area contributed by atoms with Gasteiger partial charge in [-0.1, -0.05) is 0 Å². The van der Waals surface area contributed by atoms with E-state index < -0.39 is 5.91 Å². The molecule has 2 amide bonds. The lowest BCUT2D eigenvalue weighted by atomic mass is 9.98. The van der Waals surface area contributed by atoms with Crippen molar-refractivity contribution in [1.29, 1.82) is 0 Å². The Morgan fingerprint density at radius 3 is 2.91 bits per heavy atom. The van der Waals surface area contributed by atoms with E-state index in [2.05, 4.69) is 15.2 Å². The molecule has 0 spiro atoms.